The molecular formula is C33H34F3N3O6. The standard InChI is InChI=1S/C33H34F3N3O6/c1-21-7-4-5-10-25(21)31(42)39-26(29(40)37-19-22-8-6-9-24(17-22)33(34,35)36)20-45-32(39)13-15-38(16-14-32)30(41)23-11-12-27(43-2)28(18-23)44-3/h4-12,17-18,26H,13-16,19-20H2,1-3H3,(H,37,40)/t26-/m1/s1. The lowest BCUT2D eigenvalue weighted by atomic mass is 9.95. The molecule has 9 nitrogen and oxygen atoms in total. The highest BCUT2D eigenvalue weighted by Gasteiger charge is 2.54. The number of rotatable bonds is 7. The van der Waals surface area contributed by atoms with Gasteiger partial charge in [0.25, 0.3) is 11.8 Å². The Bertz CT molecular complexity index is 1590. The SMILES string of the molecule is COc1ccc(C(=O)N2CCC3(CC2)OC[C@H](C(=O)NCc2cccc(C(F)(F)F)c2)N3C(=O)c2ccccc2C)cc1OC. The Morgan fingerprint density at radius 2 is 1.64 bits per heavy atom. The van der Waals surface area contributed by atoms with E-state index in [1.165, 1.54) is 31.3 Å². The van der Waals surface area contributed by atoms with Crippen LogP contribution in [0, 0.1) is 6.92 Å². The third kappa shape index (κ3) is 6.46. The van der Waals surface area contributed by atoms with Crippen molar-refractivity contribution in [3.63, 3.8) is 0 Å². The second kappa shape index (κ2) is 12.8. The molecule has 0 aromatic heterocycles. The summed E-state index contributed by atoms with van der Waals surface area (Å²) in [6.45, 7) is 2.04. The number of piperidine rings is 1. The first-order valence-corrected chi connectivity index (χ1v) is 14.5. The molecule has 1 spiro atoms. The zero-order chi connectivity index (χ0) is 32.4. The fraction of sp³-hybridized carbons (Fsp3) is 0.364. The first-order valence-electron chi connectivity index (χ1n) is 14.5. The molecule has 3 aromatic carbocycles. The van der Waals surface area contributed by atoms with Crippen LogP contribution in [0.1, 0.15) is 50.2 Å². The second-order valence-electron chi connectivity index (χ2n) is 11.0. The number of carbonyl (C=O) groups excluding carboxylic acids is 3. The molecule has 2 heterocycles. The van der Waals surface area contributed by atoms with Gasteiger partial charge in [0.15, 0.2) is 11.5 Å². The summed E-state index contributed by atoms with van der Waals surface area (Å²) in [7, 11) is 2.99. The normalized spacial score (nSPS) is 17.7. The fourth-order valence-electron chi connectivity index (χ4n) is 5.89. The zero-order valence-corrected chi connectivity index (χ0v) is 25.1. The van der Waals surface area contributed by atoms with Crippen LogP contribution in [0.3, 0.4) is 0 Å². The van der Waals surface area contributed by atoms with Crippen molar-refractivity contribution in [3.8, 4) is 11.5 Å². The summed E-state index contributed by atoms with van der Waals surface area (Å²) >= 11 is 0. The van der Waals surface area contributed by atoms with Crippen LogP contribution in [0.15, 0.2) is 66.7 Å². The summed E-state index contributed by atoms with van der Waals surface area (Å²) in [6.07, 6.45) is -4.01. The molecule has 0 saturated carbocycles. The van der Waals surface area contributed by atoms with Gasteiger partial charge in [0.2, 0.25) is 5.91 Å². The van der Waals surface area contributed by atoms with Crippen LogP contribution in [-0.4, -0.2) is 73.2 Å². The van der Waals surface area contributed by atoms with E-state index in [2.05, 4.69) is 5.32 Å². The molecular weight excluding hydrogens is 591 g/mol. The Kier molecular flexibility index (Phi) is 9.06. The number of aryl methyl sites for hydroxylation is 1. The van der Waals surface area contributed by atoms with E-state index in [9.17, 15) is 27.6 Å². The average molecular weight is 626 g/mol. The van der Waals surface area contributed by atoms with Crippen molar-refractivity contribution in [3.05, 3.63) is 94.5 Å². The maximum Gasteiger partial charge on any atom is 0.416 e. The number of carbonyl (C=O) groups is 3. The molecule has 5 rings (SSSR count). The van der Waals surface area contributed by atoms with Gasteiger partial charge >= 0.3 is 6.18 Å². The monoisotopic (exact) mass is 625 g/mol. The molecule has 1 atom stereocenters. The number of hydrogen-bond donors (Lipinski definition) is 1. The number of nitrogens with zero attached hydrogens (tertiary/aromatic N) is 2. The van der Waals surface area contributed by atoms with Gasteiger partial charge in [0, 0.05) is 43.6 Å². The van der Waals surface area contributed by atoms with Crippen LogP contribution in [0.25, 0.3) is 0 Å². The number of benzene rings is 3. The third-order valence-electron chi connectivity index (χ3n) is 8.34. The van der Waals surface area contributed by atoms with Gasteiger partial charge < -0.3 is 24.4 Å². The molecule has 2 saturated heterocycles. The van der Waals surface area contributed by atoms with Crippen LogP contribution in [-0.2, 0) is 22.3 Å². The van der Waals surface area contributed by atoms with Crippen LogP contribution < -0.4 is 14.8 Å². The van der Waals surface area contributed by atoms with Gasteiger partial charge in [-0.2, -0.15) is 13.2 Å². The van der Waals surface area contributed by atoms with Crippen molar-refractivity contribution >= 4 is 17.7 Å². The van der Waals surface area contributed by atoms with Crippen molar-refractivity contribution in [2.24, 2.45) is 0 Å². The molecule has 3 amide bonds. The number of amides is 3. The number of halogens is 3. The summed E-state index contributed by atoms with van der Waals surface area (Å²) in [5, 5.41) is 2.69. The Morgan fingerprint density at radius 1 is 0.933 bits per heavy atom. The Hall–Kier alpha value is -4.58. The van der Waals surface area contributed by atoms with Gasteiger partial charge in [0.1, 0.15) is 11.8 Å². The number of alkyl halides is 3. The molecule has 238 valence electrons. The van der Waals surface area contributed by atoms with Gasteiger partial charge in [0.05, 0.1) is 26.4 Å². The summed E-state index contributed by atoms with van der Waals surface area (Å²) in [6, 6.07) is 15.6. The first-order chi connectivity index (χ1) is 21.5. The Balaban J connectivity index is 1.36. The van der Waals surface area contributed by atoms with Crippen molar-refractivity contribution in [1.29, 1.82) is 0 Å². The van der Waals surface area contributed by atoms with Crippen molar-refractivity contribution in [2.75, 3.05) is 33.9 Å². The number of hydrogen-bond acceptors (Lipinski definition) is 6. The highest BCUT2D eigenvalue weighted by Crippen LogP contribution is 2.39. The molecule has 1 N–H and O–H groups in total. The summed E-state index contributed by atoms with van der Waals surface area (Å²) < 4.78 is 56.5. The lowest BCUT2D eigenvalue weighted by Crippen LogP contribution is -2.59. The molecule has 3 aromatic rings. The lowest BCUT2D eigenvalue weighted by molar-refractivity contribution is -0.137. The van der Waals surface area contributed by atoms with Crippen molar-refractivity contribution in [2.45, 2.75) is 44.3 Å². The molecule has 0 aliphatic carbocycles. The topological polar surface area (TPSA) is 97.4 Å². The fourth-order valence-corrected chi connectivity index (χ4v) is 5.89. The summed E-state index contributed by atoms with van der Waals surface area (Å²) in [5.74, 6) is -0.255. The third-order valence-corrected chi connectivity index (χ3v) is 8.34. The largest absolute Gasteiger partial charge is 0.493 e. The minimum Gasteiger partial charge on any atom is -0.493 e. The minimum atomic E-state index is -4.52. The predicted molar refractivity (Wildman–Crippen MR) is 158 cm³/mol. The van der Waals surface area contributed by atoms with Crippen LogP contribution >= 0.6 is 0 Å². The minimum absolute atomic E-state index is 0.102. The van der Waals surface area contributed by atoms with Crippen LogP contribution in [0.4, 0.5) is 13.2 Å². The van der Waals surface area contributed by atoms with E-state index < -0.39 is 35.3 Å². The van der Waals surface area contributed by atoms with E-state index in [0.717, 1.165) is 12.1 Å². The highest BCUT2D eigenvalue weighted by atomic mass is 19.4. The van der Waals surface area contributed by atoms with E-state index in [-0.39, 0.29) is 50.6 Å². The van der Waals surface area contributed by atoms with Gasteiger partial charge in [-0.1, -0.05) is 30.3 Å². The van der Waals surface area contributed by atoms with Crippen LogP contribution in [0.5, 0.6) is 11.5 Å². The maximum atomic E-state index is 14.1. The van der Waals surface area contributed by atoms with Crippen LogP contribution in [0.2, 0.25) is 0 Å². The lowest BCUT2D eigenvalue weighted by Gasteiger charge is -2.44. The molecule has 2 fully saturated rings. The Labute approximate surface area is 258 Å². The van der Waals surface area contributed by atoms with Gasteiger partial charge in [-0.25, -0.2) is 0 Å². The molecule has 2 aliphatic heterocycles. The number of methoxy groups -OCH3 is 2. The van der Waals surface area contributed by atoms with Crippen molar-refractivity contribution in [1.82, 2.24) is 15.1 Å². The molecule has 2 aliphatic rings. The van der Waals surface area contributed by atoms with E-state index in [4.69, 9.17) is 14.2 Å². The Morgan fingerprint density at radius 3 is 2.31 bits per heavy atom. The van der Waals surface area contributed by atoms with E-state index >= 15 is 0 Å². The van der Waals surface area contributed by atoms with Gasteiger partial charge in [-0.3, -0.25) is 19.3 Å². The predicted octanol–water partition coefficient (Wildman–Crippen LogP) is 4.82. The van der Waals surface area contributed by atoms with Gasteiger partial charge in [-0.15, -0.1) is 0 Å². The molecule has 0 radical (unpaired) electrons. The second-order valence-corrected chi connectivity index (χ2v) is 11.0. The van der Waals surface area contributed by atoms with E-state index in [1.54, 1.807) is 54.3 Å². The number of ether oxygens (including phenoxy) is 3. The number of likely N-dealkylation sites (tertiary alicyclic amines) is 1. The van der Waals surface area contributed by atoms with Crippen molar-refractivity contribution < 1.29 is 41.8 Å². The molecule has 12 heteroatoms. The summed E-state index contributed by atoms with van der Waals surface area (Å²) in [5.41, 5.74) is -0.175. The molecule has 0 unspecified atom stereocenters. The van der Waals surface area contributed by atoms with E-state index in [0.29, 0.717) is 28.2 Å². The highest BCUT2D eigenvalue weighted by molar-refractivity contribution is 5.99. The maximum absolute atomic E-state index is 14.1. The average Bonchev–Trinajstić information content (AvgIpc) is 3.41. The quantitative estimate of drug-likeness (QED) is 0.405. The van der Waals surface area contributed by atoms with E-state index in [1.807, 2.05) is 0 Å². The first kappa shape index (κ1) is 31.8. The summed E-state index contributed by atoms with van der Waals surface area (Å²) in [4.78, 5) is 44.1. The molecule has 0 bridgehead atoms. The zero-order valence-electron chi connectivity index (χ0n) is 25.1. The number of nitrogens with one attached hydrogen (secondary N) is 1. The smallest absolute Gasteiger partial charge is 0.416 e. The van der Waals surface area contributed by atoms with Gasteiger partial charge in [-0.05, 0) is 54.4 Å². The molecule has 45 heavy (non-hydrogen) atoms.